The van der Waals surface area contributed by atoms with Crippen LogP contribution in [0.2, 0.25) is 0 Å². The summed E-state index contributed by atoms with van der Waals surface area (Å²) in [4.78, 5) is 38.8. The van der Waals surface area contributed by atoms with Crippen molar-refractivity contribution in [3.8, 4) is 0 Å². The number of rotatable bonds is 5. The van der Waals surface area contributed by atoms with Crippen molar-refractivity contribution in [2.45, 2.75) is 58.5 Å². The Kier molecular flexibility index (Phi) is 5.63. The number of allylic oxidation sites excluding steroid dienone is 2. The summed E-state index contributed by atoms with van der Waals surface area (Å²) < 4.78 is 15.6. The van der Waals surface area contributed by atoms with Crippen molar-refractivity contribution in [2.24, 2.45) is 11.8 Å². The molecular formula is C20H27NO7. The van der Waals surface area contributed by atoms with Crippen molar-refractivity contribution in [3.05, 3.63) is 23.5 Å². The Labute approximate surface area is 164 Å². The number of ether oxygens (including phenoxy) is 3. The second-order valence-corrected chi connectivity index (χ2v) is 7.64. The third kappa shape index (κ3) is 3.58. The molecule has 2 saturated heterocycles. The van der Waals surface area contributed by atoms with Gasteiger partial charge >= 0.3 is 17.9 Å². The van der Waals surface area contributed by atoms with Gasteiger partial charge in [-0.2, -0.15) is 0 Å². The van der Waals surface area contributed by atoms with E-state index in [0.29, 0.717) is 18.7 Å². The van der Waals surface area contributed by atoms with E-state index < -0.39 is 29.7 Å². The van der Waals surface area contributed by atoms with Crippen molar-refractivity contribution in [3.63, 3.8) is 0 Å². The standard InChI is InChI=1S/C20H27NO7/c1-5-11(2)26-19(24)15-7-9-21-8-6-14(17(15)21)10-16(22)28-20(25)12(3)18(23)27-13(20)4/h5-6,12-13,15,17,25H,7-10H2,1-4H3/b11-5-/t12-,13-,15-,17-,20-/m1/s1. The summed E-state index contributed by atoms with van der Waals surface area (Å²) in [5.74, 6) is -4.32. The van der Waals surface area contributed by atoms with Gasteiger partial charge in [0, 0.05) is 12.6 Å². The van der Waals surface area contributed by atoms with E-state index in [-0.39, 0.29) is 24.3 Å². The van der Waals surface area contributed by atoms with Gasteiger partial charge in [-0.3, -0.25) is 19.3 Å². The predicted molar refractivity (Wildman–Crippen MR) is 97.5 cm³/mol. The van der Waals surface area contributed by atoms with Crippen LogP contribution in [0.15, 0.2) is 23.5 Å². The number of carbonyl (C=O) groups excluding carboxylic acids is 3. The Morgan fingerprint density at radius 2 is 2.14 bits per heavy atom. The van der Waals surface area contributed by atoms with Gasteiger partial charge in [0.1, 0.15) is 11.7 Å². The van der Waals surface area contributed by atoms with Gasteiger partial charge in [0.25, 0.3) is 5.79 Å². The lowest BCUT2D eigenvalue weighted by Crippen LogP contribution is -2.46. The number of hydrogen-bond donors (Lipinski definition) is 1. The summed E-state index contributed by atoms with van der Waals surface area (Å²) in [6.45, 7) is 7.86. The lowest BCUT2D eigenvalue weighted by atomic mass is 9.93. The van der Waals surface area contributed by atoms with Crippen LogP contribution in [-0.2, 0) is 28.6 Å². The summed E-state index contributed by atoms with van der Waals surface area (Å²) in [5.41, 5.74) is 0.775. The first-order chi connectivity index (χ1) is 13.2. The van der Waals surface area contributed by atoms with E-state index in [4.69, 9.17) is 14.2 Å². The van der Waals surface area contributed by atoms with Gasteiger partial charge in [0.05, 0.1) is 12.3 Å². The smallest absolute Gasteiger partial charge is 0.316 e. The minimum atomic E-state index is -1.98. The van der Waals surface area contributed by atoms with Crippen molar-refractivity contribution < 1.29 is 33.7 Å². The Bertz CT molecular complexity index is 743. The molecule has 0 aromatic carbocycles. The molecule has 3 rings (SSSR count). The number of hydrogen-bond acceptors (Lipinski definition) is 8. The first kappa shape index (κ1) is 20.5. The third-order valence-electron chi connectivity index (χ3n) is 5.92. The Hall–Kier alpha value is -2.19. The summed E-state index contributed by atoms with van der Waals surface area (Å²) >= 11 is 0. The van der Waals surface area contributed by atoms with Crippen molar-refractivity contribution >= 4 is 17.9 Å². The molecule has 0 radical (unpaired) electrons. The molecule has 28 heavy (non-hydrogen) atoms. The minimum Gasteiger partial charge on any atom is -0.455 e. The lowest BCUT2D eigenvalue weighted by molar-refractivity contribution is -0.235. The molecule has 3 aliphatic heterocycles. The fraction of sp³-hybridized carbons (Fsp3) is 0.650. The van der Waals surface area contributed by atoms with Gasteiger partial charge in [-0.15, -0.1) is 0 Å². The van der Waals surface area contributed by atoms with E-state index in [1.165, 1.54) is 13.8 Å². The number of carbonyl (C=O) groups is 3. The molecule has 154 valence electrons. The van der Waals surface area contributed by atoms with Gasteiger partial charge in [-0.1, -0.05) is 6.08 Å². The highest BCUT2D eigenvalue weighted by Crippen LogP contribution is 2.38. The van der Waals surface area contributed by atoms with Crippen LogP contribution in [0.3, 0.4) is 0 Å². The summed E-state index contributed by atoms with van der Waals surface area (Å²) in [6.07, 6.45) is 3.30. The van der Waals surface area contributed by atoms with Gasteiger partial charge in [0.15, 0.2) is 6.10 Å². The maximum absolute atomic E-state index is 12.5. The van der Waals surface area contributed by atoms with E-state index >= 15 is 0 Å². The highest BCUT2D eigenvalue weighted by Gasteiger charge is 2.56. The minimum absolute atomic E-state index is 0.0660. The first-order valence-corrected chi connectivity index (χ1v) is 9.59. The van der Waals surface area contributed by atoms with Gasteiger partial charge in [-0.25, -0.2) is 0 Å². The maximum atomic E-state index is 12.5. The molecule has 3 aliphatic rings. The molecule has 3 heterocycles. The average Bonchev–Trinajstić information content (AvgIpc) is 3.27. The van der Waals surface area contributed by atoms with Crippen LogP contribution in [0, 0.1) is 11.8 Å². The second-order valence-electron chi connectivity index (χ2n) is 7.64. The van der Waals surface area contributed by atoms with Crippen molar-refractivity contribution in [2.75, 3.05) is 13.1 Å². The third-order valence-corrected chi connectivity index (χ3v) is 5.92. The van der Waals surface area contributed by atoms with Gasteiger partial charge < -0.3 is 19.3 Å². The summed E-state index contributed by atoms with van der Waals surface area (Å²) in [7, 11) is 0. The molecule has 0 aromatic heterocycles. The first-order valence-electron chi connectivity index (χ1n) is 9.59. The molecule has 1 N–H and O–H groups in total. The molecule has 0 bridgehead atoms. The molecule has 0 aromatic rings. The molecule has 5 atom stereocenters. The Balaban J connectivity index is 1.66. The fourth-order valence-electron chi connectivity index (χ4n) is 4.06. The second kappa shape index (κ2) is 7.67. The summed E-state index contributed by atoms with van der Waals surface area (Å²) in [5, 5.41) is 10.6. The van der Waals surface area contributed by atoms with Crippen molar-refractivity contribution in [1.82, 2.24) is 4.90 Å². The van der Waals surface area contributed by atoms with Crippen LogP contribution in [0.5, 0.6) is 0 Å². The zero-order valence-corrected chi connectivity index (χ0v) is 16.6. The van der Waals surface area contributed by atoms with Crippen LogP contribution in [0.4, 0.5) is 0 Å². The van der Waals surface area contributed by atoms with Gasteiger partial charge in [0.2, 0.25) is 0 Å². The number of nitrogens with zero attached hydrogens (tertiary/aromatic N) is 1. The molecule has 0 amide bonds. The molecule has 8 nitrogen and oxygen atoms in total. The van der Waals surface area contributed by atoms with Crippen LogP contribution in [0.25, 0.3) is 0 Å². The van der Waals surface area contributed by atoms with E-state index in [0.717, 1.165) is 12.1 Å². The fourth-order valence-corrected chi connectivity index (χ4v) is 4.06. The van der Waals surface area contributed by atoms with Crippen LogP contribution < -0.4 is 0 Å². The van der Waals surface area contributed by atoms with Crippen LogP contribution in [-0.4, -0.2) is 58.9 Å². The Morgan fingerprint density at radius 1 is 1.43 bits per heavy atom. The number of aliphatic hydroxyl groups is 1. The van der Waals surface area contributed by atoms with Crippen LogP contribution in [0.1, 0.15) is 40.5 Å². The molecule has 8 heteroatoms. The van der Waals surface area contributed by atoms with Crippen molar-refractivity contribution in [1.29, 1.82) is 0 Å². The van der Waals surface area contributed by atoms with E-state index in [1.807, 2.05) is 6.08 Å². The number of fused-ring (bicyclic) bond motifs is 1. The molecule has 0 aliphatic carbocycles. The van der Waals surface area contributed by atoms with Crippen LogP contribution >= 0.6 is 0 Å². The highest BCUT2D eigenvalue weighted by molar-refractivity contribution is 5.80. The summed E-state index contributed by atoms with van der Waals surface area (Å²) in [6, 6.07) is -0.212. The van der Waals surface area contributed by atoms with E-state index in [2.05, 4.69) is 4.90 Å². The number of cyclic esters (lactones) is 1. The molecular weight excluding hydrogens is 366 g/mol. The zero-order valence-electron chi connectivity index (χ0n) is 16.6. The molecule has 0 spiro atoms. The Morgan fingerprint density at radius 3 is 2.75 bits per heavy atom. The largest absolute Gasteiger partial charge is 0.455 e. The maximum Gasteiger partial charge on any atom is 0.316 e. The van der Waals surface area contributed by atoms with E-state index in [9.17, 15) is 19.5 Å². The SMILES string of the molecule is C/C=C(/C)OC(=O)[C@@H]1CCN2CC=C(CC(=O)O[C@]3(O)[C@H](C)C(=O)O[C@@H]3C)[C@H]12. The number of esters is 3. The van der Waals surface area contributed by atoms with E-state index in [1.54, 1.807) is 19.9 Å². The molecule has 2 fully saturated rings. The average molecular weight is 393 g/mol. The molecule has 0 unspecified atom stereocenters. The zero-order chi connectivity index (χ0) is 20.6. The lowest BCUT2D eigenvalue weighted by Gasteiger charge is -2.28. The molecule has 0 saturated carbocycles. The monoisotopic (exact) mass is 393 g/mol. The quantitative estimate of drug-likeness (QED) is 0.245. The van der Waals surface area contributed by atoms with Gasteiger partial charge in [-0.05, 0) is 52.3 Å². The normalized spacial score (nSPS) is 35.4. The predicted octanol–water partition coefficient (Wildman–Crippen LogP) is 1.29. The highest BCUT2D eigenvalue weighted by atomic mass is 16.7. The topological polar surface area (TPSA) is 102 Å².